The molecule has 1 saturated heterocycles. The Kier molecular flexibility index (Phi) is 3.49. The number of aromatic nitrogens is 1. The van der Waals surface area contributed by atoms with Crippen LogP contribution in [0.4, 0.5) is 11.4 Å². The lowest BCUT2D eigenvalue weighted by molar-refractivity contribution is 0.396. The third-order valence-corrected chi connectivity index (χ3v) is 4.27. The number of likely N-dealkylation sites (tertiary alicyclic amines) is 1. The lowest BCUT2D eigenvalue weighted by atomic mass is 10.1. The van der Waals surface area contributed by atoms with Crippen molar-refractivity contribution in [1.82, 2.24) is 9.88 Å². The van der Waals surface area contributed by atoms with Crippen molar-refractivity contribution < 1.29 is 0 Å². The van der Waals surface area contributed by atoms with Crippen LogP contribution in [0.2, 0.25) is 0 Å². The van der Waals surface area contributed by atoms with E-state index < -0.39 is 0 Å². The van der Waals surface area contributed by atoms with Crippen LogP contribution in [0.3, 0.4) is 0 Å². The van der Waals surface area contributed by atoms with Crippen molar-refractivity contribution >= 4 is 22.1 Å². The lowest BCUT2D eigenvalue weighted by Gasteiger charge is -2.25. The number of nitrogen functional groups attached to an aromatic ring is 1. The SMILES string of the molecule is CN1CCC(CN(C)c2ccc3cnccc3c2N)C1. The number of fused-ring (bicyclic) bond motifs is 1. The number of pyridine rings is 1. The van der Waals surface area contributed by atoms with E-state index >= 15 is 0 Å². The van der Waals surface area contributed by atoms with E-state index in [-0.39, 0.29) is 0 Å². The molecule has 0 radical (unpaired) electrons. The molecule has 1 unspecified atom stereocenters. The fraction of sp³-hybridized carbons (Fsp3) is 0.438. The van der Waals surface area contributed by atoms with Crippen molar-refractivity contribution in [1.29, 1.82) is 0 Å². The van der Waals surface area contributed by atoms with E-state index in [0.717, 1.165) is 34.6 Å². The molecule has 106 valence electrons. The standard InChI is InChI=1S/C16H22N4/c1-19-8-6-12(10-19)11-20(2)15-4-3-13-9-18-7-5-14(13)16(15)17/h3-5,7,9,12H,6,8,10-11,17H2,1-2H3. The largest absolute Gasteiger partial charge is 0.397 e. The quantitative estimate of drug-likeness (QED) is 0.869. The molecule has 1 fully saturated rings. The minimum absolute atomic E-state index is 0.734. The van der Waals surface area contributed by atoms with Crippen molar-refractivity contribution in [2.45, 2.75) is 6.42 Å². The molecule has 4 heteroatoms. The molecular weight excluding hydrogens is 248 g/mol. The van der Waals surface area contributed by atoms with Crippen LogP contribution in [0.25, 0.3) is 10.8 Å². The van der Waals surface area contributed by atoms with E-state index in [2.05, 4.69) is 41.0 Å². The summed E-state index contributed by atoms with van der Waals surface area (Å²) in [5.41, 5.74) is 8.32. The van der Waals surface area contributed by atoms with Gasteiger partial charge in [0.2, 0.25) is 0 Å². The van der Waals surface area contributed by atoms with Crippen molar-refractivity contribution in [2.24, 2.45) is 5.92 Å². The van der Waals surface area contributed by atoms with E-state index in [1.54, 1.807) is 6.20 Å². The van der Waals surface area contributed by atoms with E-state index in [0.29, 0.717) is 0 Å². The van der Waals surface area contributed by atoms with Crippen LogP contribution in [0, 0.1) is 5.92 Å². The Hall–Kier alpha value is -1.81. The smallest absolute Gasteiger partial charge is 0.0632 e. The summed E-state index contributed by atoms with van der Waals surface area (Å²) in [4.78, 5) is 8.83. The van der Waals surface area contributed by atoms with Crippen molar-refractivity contribution in [2.75, 3.05) is 44.4 Å². The molecule has 1 aliphatic rings. The van der Waals surface area contributed by atoms with Gasteiger partial charge in [0.05, 0.1) is 11.4 Å². The van der Waals surface area contributed by atoms with Crippen LogP contribution in [0.5, 0.6) is 0 Å². The fourth-order valence-electron chi connectivity index (χ4n) is 3.18. The minimum atomic E-state index is 0.734. The first-order valence-corrected chi connectivity index (χ1v) is 7.17. The summed E-state index contributed by atoms with van der Waals surface area (Å²) in [6.45, 7) is 3.45. The molecule has 1 aromatic carbocycles. The molecule has 0 aliphatic carbocycles. The van der Waals surface area contributed by atoms with Crippen LogP contribution < -0.4 is 10.6 Å². The minimum Gasteiger partial charge on any atom is -0.397 e. The second kappa shape index (κ2) is 5.29. The van der Waals surface area contributed by atoms with Gasteiger partial charge in [-0.1, -0.05) is 6.07 Å². The average molecular weight is 270 g/mol. The zero-order chi connectivity index (χ0) is 14.1. The Morgan fingerprint density at radius 2 is 2.25 bits per heavy atom. The van der Waals surface area contributed by atoms with E-state index in [1.807, 2.05) is 12.3 Å². The number of benzene rings is 1. The van der Waals surface area contributed by atoms with Gasteiger partial charge in [-0.15, -0.1) is 0 Å². The first kappa shape index (κ1) is 13.2. The second-order valence-corrected chi connectivity index (χ2v) is 5.89. The van der Waals surface area contributed by atoms with Crippen LogP contribution >= 0.6 is 0 Å². The van der Waals surface area contributed by atoms with Crippen molar-refractivity contribution in [3.05, 3.63) is 30.6 Å². The van der Waals surface area contributed by atoms with Crippen molar-refractivity contribution in [3.63, 3.8) is 0 Å². The summed E-state index contributed by atoms with van der Waals surface area (Å²) >= 11 is 0. The third-order valence-electron chi connectivity index (χ3n) is 4.27. The molecule has 4 nitrogen and oxygen atoms in total. The first-order chi connectivity index (χ1) is 9.65. The summed E-state index contributed by atoms with van der Waals surface area (Å²) < 4.78 is 0. The van der Waals surface area contributed by atoms with Crippen LogP contribution in [-0.4, -0.2) is 43.6 Å². The maximum atomic E-state index is 6.34. The molecule has 0 amide bonds. The highest BCUT2D eigenvalue weighted by Gasteiger charge is 2.21. The predicted octanol–water partition coefficient (Wildman–Crippen LogP) is 2.20. The Labute approximate surface area is 120 Å². The molecule has 1 aliphatic heterocycles. The van der Waals surface area contributed by atoms with Gasteiger partial charge in [0.15, 0.2) is 0 Å². The van der Waals surface area contributed by atoms with Gasteiger partial charge >= 0.3 is 0 Å². The van der Waals surface area contributed by atoms with Gasteiger partial charge in [0, 0.05) is 43.3 Å². The normalized spacial score (nSPS) is 19.6. The van der Waals surface area contributed by atoms with Gasteiger partial charge < -0.3 is 15.5 Å². The molecule has 2 heterocycles. The number of hydrogen-bond donors (Lipinski definition) is 1. The number of rotatable bonds is 3. The highest BCUT2D eigenvalue weighted by Crippen LogP contribution is 2.31. The second-order valence-electron chi connectivity index (χ2n) is 5.89. The van der Waals surface area contributed by atoms with Gasteiger partial charge in [-0.3, -0.25) is 4.98 Å². The number of nitrogens with two attached hydrogens (primary N) is 1. The molecule has 0 saturated carbocycles. The molecule has 0 spiro atoms. The maximum Gasteiger partial charge on any atom is 0.0632 e. The number of nitrogens with zero attached hydrogens (tertiary/aromatic N) is 3. The highest BCUT2D eigenvalue weighted by atomic mass is 15.2. The van der Waals surface area contributed by atoms with E-state index in [9.17, 15) is 0 Å². The molecule has 2 aromatic rings. The Balaban J connectivity index is 1.84. The summed E-state index contributed by atoms with van der Waals surface area (Å²) in [7, 11) is 4.33. The maximum absolute atomic E-state index is 6.34. The van der Waals surface area contributed by atoms with Crippen molar-refractivity contribution in [3.8, 4) is 0 Å². The van der Waals surface area contributed by atoms with Crippen LogP contribution in [-0.2, 0) is 0 Å². The molecule has 0 bridgehead atoms. The van der Waals surface area contributed by atoms with Gasteiger partial charge in [0.1, 0.15) is 0 Å². The van der Waals surface area contributed by atoms with Gasteiger partial charge in [-0.25, -0.2) is 0 Å². The molecule has 2 N–H and O–H groups in total. The first-order valence-electron chi connectivity index (χ1n) is 7.17. The van der Waals surface area contributed by atoms with Gasteiger partial charge in [0.25, 0.3) is 0 Å². The Morgan fingerprint density at radius 1 is 1.40 bits per heavy atom. The molecule has 3 rings (SSSR count). The van der Waals surface area contributed by atoms with Gasteiger partial charge in [-0.05, 0) is 38.1 Å². The topological polar surface area (TPSA) is 45.4 Å². The highest BCUT2D eigenvalue weighted by molar-refractivity contribution is 5.98. The van der Waals surface area contributed by atoms with E-state index in [1.165, 1.54) is 19.5 Å². The summed E-state index contributed by atoms with van der Waals surface area (Å²) in [6.07, 6.45) is 4.94. The lowest BCUT2D eigenvalue weighted by Crippen LogP contribution is -2.27. The molecule has 20 heavy (non-hydrogen) atoms. The van der Waals surface area contributed by atoms with Crippen LogP contribution in [0.15, 0.2) is 30.6 Å². The predicted molar refractivity (Wildman–Crippen MR) is 85.0 cm³/mol. The monoisotopic (exact) mass is 270 g/mol. The zero-order valence-corrected chi connectivity index (χ0v) is 12.2. The van der Waals surface area contributed by atoms with Crippen LogP contribution in [0.1, 0.15) is 6.42 Å². The van der Waals surface area contributed by atoms with E-state index in [4.69, 9.17) is 5.73 Å². The van der Waals surface area contributed by atoms with Gasteiger partial charge in [-0.2, -0.15) is 0 Å². The number of hydrogen-bond acceptors (Lipinski definition) is 4. The molecule has 1 atom stereocenters. The summed E-state index contributed by atoms with van der Waals surface area (Å²) in [5, 5.41) is 2.19. The average Bonchev–Trinajstić information content (AvgIpc) is 2.84. The fourth-order valence-corrected chi connectivity index (χ4v) is 3.18. The summed E-state index contributed by atoms with van der Waals surface area (Å²) in [5.74, 6) is 0.734. The summed E-state index contributed by atoms with van der Waals surface area (Å²) in [6, 6.07) is 6.20. The Bertz CT molecular complexity index is 610. The molecular formula is C16H22N4. The zero-order valence-electron chi connectivity index (χ0n) is 12.2. The third kappa shape index (κ3) is 2.43. The Morgan fingerprint density at radius 3 is 3.00 bits per heavy atom. The number of anilines is 2. The molecule has 1 aromatic heterocycles.